The Kier molecular flexibility index (Phi) is 5.47. The van der Waals surface area contributed by atoms with E-state index >= 15 is 0 Å². The molecule has 114 valence electrons. The summed E-state index contributed by atoms with van der Waals surface area (Å²) in [7, 11) is 0. The molecule has 0 aliphatic rings. The van der Waals surface area contributed by atoms with Gasteiger partial charge in [0.05, 0.1) is 27.6 Å². The second-order valence-corrected chi connectivity index (χ2v) is 7.02. The SMILES string of the molecule is CCN(C(=O)c1cc(Cl)sc1Cl)C(C)c1ccc(C#N)cc1. The zero-order valence-corrected chi connectivity index (χ0v) is 14.5. The average Bonchev–Trinajstić information content (AvgIpc) is 2.86. The second-order valence-electron chi connectivity index (χ2n) is 4.74. The van der Waals surface area contributed by atoms with Gasteiger partial charge in [-0.3, -0.25) is 4.79 Å². The van der Waals surface area contributed by atoms with Gasteiger partial charge in [0.15, 0.2) is 0 Å². The van der Waals surface area contributed by atoms with Crippen LogP contribution in [0.1, 0.15) is 41.4 Å². The van der Waals surface area contributed by atoms with Crippen molar-refractivity contribution in [1.82, 2.24) is 4.90 Å². The van der Waals surface area contributed by atoms with Crippen LogP contribution in [-0.4, -0.2) is 17.4 Å². The van der Waals surface area contributed by atoms with Gasteiger partial charge in [0.2, 0.25) is 0 Å². The summed E-state index contributed by atoms with van der Waals surface area (Å²) >= 11 is 13.2. The van der Waals surface area contributed by atoms with Gasteiger partial charge in [-0.15, -0.1) is 11.3 Å². The van der Waals surface area contributed by atoms with Crippen molar-refractivity contribution in [3.8, 4) is 6.07 Å². The van der Waals surface area contributed by atoms with Crippen LogP contribution in [0.3, 0.4) is 0 Å². The first-order valence-corrected chi connectivity index (χ1v) is 8.31. The number of amides is 1. The van der Waals surface area contributed by atoms with Crippen LogP contribution in [0.15, 0.2) is 30.3 Å². The number of rotatable bonds is 4. The third-order valence-corrected chi connectivity index (χ3v) is 4.97. The molecule has 0 fully saturated rings. The summed E-state index contributed by atoms with van der Waals surface area (Å²) < 4.78 is 0.899. The van der Waals surface area contributed by atoms with E-state index in [2.05, 4.69) is 6.07 Å². The molecule has 22 heavy (non-hydrogen) atoms. The molecule has 1 aromatic carbocycles. The highest BCUT2D eigenvalue weighted by atomic mass is 35.5. The minimum atomic E-state index is -0.146. The lowest BCUT2D eigenvalue weighted by Gasteiger charge is -2.28. The van der Waals surface area contributed by atoms with E-state index in [1.807, 2.05) is 26.0 Å². The predicted molar refractivity (Wildman–Crippen MR) is 90.6 cm³/mol. The fourth-order valence-electron chi connectivity index (χ4n) is 2.25. The molecule has 6 heteroatoms. The highest BCUT2D eigenvalue weighted by Gasteiger charge is 2.24. The first-order valence-electron chi connectivity index (χ1n) is 6.73. The van der Waals surface area contributed by atoms with E-state index in [0.29, 0.717) is 26.3 Å². The van der Waals surface area contributed by atoms with Crippen molar-refractivity contribution in [2.75, 3.05) is 6.54 Å². The summed E-state index contributed by atoms with van der Waals surface area (Å²) in [5.41, 5.74) is 1.99. The fourth-order valence-corrected chi connectivity index (χ4v) is 3.70. The first kappa shape index (κ1) is 16.8. The van der Waals surface area contributed by atoms with Crippen LogP contribution in [0.5, 0.6) is 0 Å². The van der Waals surface area contributed by atoms with E-state index in [1.54, 1.807) is 23.1 Å². The van der Waals surface area contributed by atoms with Gasteiger partial charge in [-0.1, -0.05) is 35.3 Å². The van der Waals surface area contributed by atoms with E-state index in [1.165, 1.54) is 11.3 Å². The maximum Gasteiger partial charge on any atom is 0.256 e. The molecule has 0 aliphatic carbocycles. The topological polar surface area (TPSA) is 44.1 Å². The van der Waals surface area contributed by atoms with Gasteiger partial charge in [0.25, 0.3) is 5.91 Å². The summed E-state index contributed by atoms with van der Waals surface area (Å²) in [6.45, 7) is 4.41. The van der Waals surface area contributed by atoms with Gasteiger partial charge in [-0.05, 0) is 37.6 Å². The van der Waals surface area contributed by atoms with Crippen molar-refractivity contribution in [2.24, 2.45) is 0 Å². The number of nitriles is 1. The Hall–Kier alpha value is -1.54. The number of carbonyl (C=O) groups excluding carboxylic acids is 1. The minimum Gasteiger partial charge on any atom is -0.332 e. The van der Waals surface area contributed by atoms with Gasteiger partial charge in [-0.25, -0.2) is 0 Å². The smallest absolute Gasteiger partial charge is 0.256 e. The molecule has 0 spiro atoms. The molecule has 0 bridgehead atoms. The molecule has 0 N–H and O–H groups in total. The van der Waals surface area contributed by atoms with Crippen LogP contribution in [0.4, 0.5) is 0 Å². The van der Waals surface area contributed by atoms with Gasteiger partial charge in [0, 0.05) is 6.54 Å². The van der Waals surface area contributed by atoms with Crippen LogP contribution < -0.4 is 0 Å². The second kappa shape index (κ2) is 7.15. The number of thiophene rings is 1. The predicted octanol–water partition coefficient (Wildman–Crippen LogP) is 5.15. The third-order valence-electron chi connectivity index (χ3n) is 3.48. The molecule has 3 nitrogen and oxygen atoms in total. The number of hydrogen-bond donors (Lipinski definition) is 0. The first-order chi connectivity index (χ1) is 10.5. The van der Waals surface area contributed by atoms with Crippen LogP contribution in [0, 0.1) is 11.3 Å². The third kappa shape index (κ3) is 3.44. The Morgan fingerprint density at radius 3 is 2.45 bits per heavy atom. The highest BCUT2D eigenvalue weighted by Crippen LogP contribution is 2.33. The van der Waals surface area contributed by atoms with Crippen molar-refractivity contribution in [3.63, 3.8) is 0 Å². The number of carbonyl (C=O) groups is 1. The Morgan fingerprint density at radius 2 is 2.00 bits per heavy atom. The molecule has 2 aromatic rings. The van der Waals surface area contributed by atoms with E-state index in [9.17, 15) is 4.79 Å². The largest absolute Gasteiger partial charge is 0.332 e. The molecular weight excluding hydrogens is 339 g/mol. The lowest BCUT2D eigenvalue weighted by molar-refractivity contribution is 0.0703. The molecule has 1 unspecified atom stereocenters. The van der Waals surface area contributed by atoms with Crippen LogP contribution in [-0.2, 0) is 0 Å². The fraction of sp³-hybridized carbons (Fsp3) is 0.250. The minimum absolute atomic E-state index is 0.125. The van der Waals surface area contributed by atoms with Crippen molar-refractivity contribution >= 4 is 40.4 Å². The van der Waals surface area contributed by atoms with Crippen LogP contribution >= 0.6 is 34.5 Å². The monoisotopic (exact) mass is 352 g/mol. The average molecular weight is 353 g/mol. The number of hydrogen-bond acceptors (Lipinski definition) is 3. The zero-order chi connectivity index (χ0) is 16.3. The summed E-state index contributed by atoms with van der Waals surface area (Å²) in [5, 5.41) is 8.85. The Bertz CT molecular complexity index is 719. The summed E-state index contributed by atoms with van der Waals surface area (Å²) in [5.74, 6) is -0.146. The number of nitrogens with zero attached hydrogens (tertiary/aromatic N) is 2. The summed E-state index contributed by atoms with van der Waals surface area (Å²) in [4.78, 5) is 14.4. The Labute approximate surface area is 143 Å². The molecule has 1 atom stereocenters. The maximum atomic E-state index is 12.7. The molecule has 1 aromatic heterocycles. The summed E-state index contributed by atoms with van der Waals surface area (Å²) in [6.07, 6.45) is 0. The van der Waals surface area contributed by atoms with Gasteiger partial charge in [-0.2, -0.15) is 5.26 Å². The van der Waals surface area contributed by atoms with Crippen molar-refractivity contribution in [1.29, 1.82) is 5.26 Å². The molecule has 0 radical (unpaired) electrons. The normalized spacial score (nSPS) is 11.8. The van der Waals surface area contributed by atoms with E-state index in [-0.39, 0.29) is 11.9 Å². The molecule has 1 amide bonds. The van der Waals surface area contributed by atoms with Gasteiger partial charge >= 0.3 is 0 Å². The highest BCUT2D eigenvalue weighted by molar-refractivity contribution is 7.20. The van der Waals surface area contributed by atoms with Crippen molar-refractivity contribution < 1.29 is 4.79 Å². The van der Waals surface area contributed by atoms with Crippen LogP contribution in [0.2, 0.25) is 8.67 Å². The Balaban J connectivity index is 2.28. The zero-order valence-electron chi connectivity index (χ0n) is 12.1. The van der Waals surface area contributed by atoms with Gasteiger partial charge < -0.3 is 4.90 Å². The number of benzene rings is 1. The standard InChI is InChI=1S/C16H14Cl2N2OS/c1-3-20(16(21)13-8-14(17)22-15(13)18)10(2)12-6-4-11(9-19)5-7-12/h4-8,10H,3H2,1-2H3. The molecule has 1 heterocycles. The number of halogens is 2. The molecule has 2 rings (SSSR count). The molecule has 0 saturated carbocycles. The van der Waals surface area contributed by atoms with E-state index in [0.717, 1.165) is 5.56 Å². The van der Waals surface area contributed by atoms with Crippen molar-refractivity contribution in [2.45, 2.75) is 19.9 Å². The van der Waals surface area contributed by atoms with E-state index < -0.39 is 0 Å². The lowest BCUT2D eigenvalue weighted by atomic mass is 10.0. The molecular formula is C16H14Cl2N2OS. The Morgan fingerprint density at radius 1 is 1.36 bits per heavy atom. The maximum absolute atomic E-state index is 12.7. The van der Waals surface area contributed by atoms with E-state index in [4.69, 9.17) is 28.5 Å². The lowest BCUT2D eigenvalue weighted by Crippen LogP contribution is -2.33. The molecule has 0 aliphatic heterocycles. The quantitative estimate of drug-likeness (QED) is 0.763. The molecule has 0 saturated heterocycles. The summed E-state index contributed by atoms with van der Waals surface area (Å²) in [6, 6.07) is 10.8. The van der Waals surface area contributed by atoms with Crippen molar-refractivity contribution in [3.05, 3.63) is 55.7 Å². The van der Waals surface area contributed by atoms with Crippen LogP contribution in [0.25, 0.3) is 0 Å². The van der Waals surface area contributed by atoms with Gasteiger partial charge in [0.1, 0.15) is 4.34 Å².